The molecule has 1 fully saturated rings. The highest BCUT2D eigenvalue weighted by molar-refractivity contribution is 5.20. The van der Waals surface area contributed by atoms with E-state index < -0.39 is 0 Å². The van der Waals surface area contributed by atoms with E-state index in [-0.39, 0.29) is 5.82 Å². The Balaban J connectivity index is 2.04. The van der Waals surface area contributed by atoms with Crippen molar-refractivity contribution in [1.82, 2.24) is 5.32 Å². The van der Waals surface area contributed by atoms with Crippen LogP contribution in [0.5, 0.6) is 0 Å². The molecule has 0 aromatic heterocycles. The van der Waals surface area contributed by atoms with Gasteiger partial charge < -0.3 is 10.1 Å². The molecule has 1 aliphatic rings. The standard InChI is InChI=1S/C17H26FNO/c1-3-4-6-15(13-9-11-14(18)12-10-13)19-16-7-5-8-17(16)20-2/h9-12,15-17,19H,3-8H2,1-2H3. The summed E-state index contributed by atoms with van der Waals surface area (Å²) in [5.74, 6) is -0.168. The van der Waals surface area contributed by atoms with Crippen LogP contribution in [-0.4, -0.2) is 19.3 Å². The Morgan fingerprint density at radius 2 is 2.05 bits per heavy atom. The van der Waals surface area contributed by atoms with E-state index in [1.165, 1.54) is 31.2 Å². The number of hydrogen-bond donors (Lipinski definition) is 1. The first-order valence-corrected chi connectivity index (χ1v) is 7.79. The molecule has 0 radical (unpaired) electrons. The van der Waals surface area contributed by atoms with E-state index in [1.807, 2.05) is 12.1 Å². The van der Waals surface area contributed by atoms with Crippen molar-refractivity contribution >= 4 is 0 Å². The Kier molecular flexibility index (Phi) is 5.99. The SMILES string of the molecule is CCCCC(NC1CCCC1OC)c1ccc(F)cc1. The number of ether oxygens (including phenoxy) is 1. The van der Waals surface area contributed by atoms with Gasteiger partial charge in [-0.25, -0.2) is 4.39 Å². The Morgan fingerprint density at radius 3 is 2.70 bits per heavy atom. The third kappa shape index (κ3) is 4.03. The summed E-state index contributed by atoms with van der Waals surface area (Å²) < 4.78 is 18.6. The second kappa shape index (κ2) is 7.75. The summed E-state index contributed by atoms with van der Waals surface area (Å²) in [5, 5.41) is 3.74. The van der Waals surface area contributed by atoms with E-state index in [9.17, 15) is 4.39 Å². The number of nitrogens with one attached hydrogen (secondary N) is 1. The molecule has 1 aliphatic carbocycles. The van der Waals surface area contributed by atoms with Gasteiger partial charge in [-0.1, -0.05) is 31.9 Å². The van der Waals surface area contributed by atoms with Crippen molar-refractivity contribution in [1.29, 1.82) is 0 Å². The summed E-state index contributed by atoms with van der Waals surface area (Å²) in [6.45, 7) is 2.20. The molecule has 0 saturated heterocycles. The minimum Gasteiger partial charge on any atom is -0.380 e. The number of unbranched alkanes of at least 4 members (excludes halogenated alkanes) is 1. The molecule has 0 amide bonds. The molecule has 1 aromatic rings. The molecule has 0 aliphatic heterocycles. The van der Waals surface area contributed by atoms with Gasteiger partial charge in [0.05, 0.1) is 6.10 Å². The number of rotatable bonds is 7. The summed E-state index contributed by atoms with van der Waals surface area (Å²) in [6.07, 6.45) is 7.30. The molecule has 3 heteroatoms. The zero-order chi connectivity index (χ0) is 14.4. The van der Waals surface area contributed by atoms with Crippen LogP contribution in [0.1, 0.15) is 57.1 Å². The van der Waals surface area contributed by atoms with Crippen molar-refractivity contribution in [3.63, 3.8) is 0 Å². The molecule has 0 spiro atoms. The average Bonchev–Trinajstić information content (AvgIpc) is 2.91. The molecule has 2 nitrogen and oxygen atoms in total. The maximum absolute atomic E-state index is 13.1. The average molecular weight is 279 g/mol. The summed E-state index contributed by atoms with van der Waals surface area (Å²) in [6, 6.07) is 7.64. The van der Waals surface area contributed by atoms with Gasteiger partial charge >= 0.3 is 0 Å². The van der Waals surface area contributed by atoms with Crippen LogP contribution in [0.3, 0.4) is 0 Å². The van der Waals surface area contributed by atoms with E-state index >= 15 is 0 Å². The highest BCUT2D eigenvalue weighted by Gasteiger charge is 2.29. The Labute approximate surface area is 121 Å². The number of hydrogen-bond acceptors (Lipinski definition) is 2. The molecular formula is C17H26FNO. The second-order valence-corrected chi connectivity index (χ2v) is 5.72. The largest absolute Gasteiger partial charge is 0.380 e. The fourth-order valence-corrected chi connectivity index (χ4v) is 3.11. The zero-order valence-electron chi connectivity index (χ0n) is 12.6. The van der Waals surface area contributed by atoms with Crippen LogP contribution in [0.4, 0.5) is 4.39 Å². The molecular weight excluding hydrogens is 253 g/mol. The molecule has 0 bridgehead atoms. The van der Waals surface area contributed by atoms with Crippen LogP contribution in [0.15, 0.2) is 24.3 Å². The molecule has 1 saturated carbocycles. The van der Waals surface area contributed by atoms with Crippen molar-refractivity contribution in [3.8, 4) is 0 Å². The van der Waals surface area contributed by atoms with Crippen molar-refractivity contribution in [2.75, 3.05) is 7.11 Å². The summed E-state index contributed by atoms with van der Waals surface area (Å²) in [7, 11) is 1.80. The highest BCUT2D eigenvalue weighted by atomic mass is 19.1. The molecule has 112 valence electrons. The van der Waals surface area contributed by atoms with Crippen LogP contribution in [-0.2, 0) is 4.74 Å². The minimum absolute atomic E-state index is 0.168. The van der Waals surface area contributed by atoms with Crippen LogP contribution in [0.2, 0.25) is 0 Å². The van der Waals surface area contributed by atoms with Gasteiger partial charge in [0, 0.05) is 19.2 Å². The van der Waals surface area contributed by atoms with Gasteiger partial charge in [-0.2, -0.15) is 0 Å². The summed E-state index contributed by atoms with van der Waals surface area (Å²) in [4.78, 5) is 0. The van der Waals surface area contributed by atoms with Crippen molar-refractivity contribution in [3.05, 3.63) is 35.6 Å². The first-order chi connectivity index (χ1) is 9.74. The normalized spacial score (nSPS) is 23.9. The van der Waals surface area contributed by atoms with Crippen LogP contribution in [0, 0.1) is 5.82 Å². The predicted molar refractivity (Wildman–Crippen MR) is 80.2 cm³/mol. The fraction of sp³-hybridized carbons (Fsp3) is 0.647. The van der Waals surface area contributed by atoms with Crippen LogP contribution in [0.25, 0.3) is 0 Å². The molecule has 3 atom stereocenters. The van der Waals surface area contributed by atoms with Gasteiger partial charge in [0.15, 0.2) is 0 Å². The number of benzene rings is 1. The molecule has 1 N–H and O–H groups in total. The van der Waals surface area contributed by atoms with Crippen molar-refractivity contribution in [2.24, 2.45) is 0 Å². The molecule has 20 heavy (non-hydrogen) atoms. The van der Waals surface area contributed by atoms with Gasteiger partial charge in [0.25, 0.3) is 0 Å². The number of halogens is 1. The lowest BCUT2D eigenvalue weighted by molar-refractivity contribution is 0.0806. The lowest BCUT2D eigenvalue weighted by atomic mass is 9.99. The Hall–Kier alpha value is -0.930. The van der Waals surface area contributed by atoms with Gasteiger partial charge in [0.2, 0.25) is 0 Å². The molecule has 0 heterocycles. The smallest absolute Gasteiger partial charge is 0.123 e. The molecule has 2 rings (SSSR count). The Morgan fingerprint density at radius 1 is 1.30 bits per heavy atom. The number of methoxy groups -OCH3 is 1. The minimum atomic E-state index is -0.168. The van der Waals surface area contributed by atoms with Gasteiger partial charge in [-0.3, -0.25) is 0 Å². The van der Waals surface area contributed by atoms with E-state index in [0.29, 0.717) is 18.2 Å². The lowest BCUT2D eigenvalue weighted by Crippen LogP contribution is -2.39. The quantitative estimate of drug-likeness (QED) is 0.807. The van der Waals surface area contributed by atoms with Gasteiger partial charge in [-0.15, -0.1) is 0 Å². The van der Waals surface area contributed by atoms with E-state index in [2.05, 4.69) is 12.2 Å². The van der Waals surface area contributed by atoms with Gasteiger partial charge in [0.1, 0.15) is 5.82 Å². The first-order valence-electron chi connectivity index (χ1n) is 7.79. The van der Waals surface area contributed by atoms with E-state index in [1.54, 1.807) is 19.2 Å². The predicted octanol–water partition coefficient (Wildman–Crippen LogP) is 4.21. The highest BCUT2D eigenvalue weighted by Crippen LogP contribution is 2.27. The Bertz CT molecular complexity index is 392. The maximum atomic E-state index is 13.1. The monoisotopic (exact) mass is 279 g/mol. The molecule has 1 aromatic carbocycles. The molecule has 3 unspecified atom stereocenters. The second-order valence-electron chi connectivity index (χ2n) is 5.72. The van der Waals surface area contributed by atoms with Crippen LogP contribution >= 0.6 is 0 Å². The lowest BCUT2D eigenvalue weighted by Gasteiger charge is -2.27. The zero-order valence-corrected chi connectivity index (χ0v) is 12.6. The third-order valence-electron chi connectivity index (χ3n) is 4.29. The van der Waals surface area contributed by atoms with Crippen LogP contribution < -0.4 is 5.32 Å². The first kappa shape index (κ1) is 15.5. The fourth-order valence-electron chi connectivity index (χ4n) is 3.11. The maximum Gasteiger partial charge on any atom is 0.123 e. The van der Waals surface area contributed by atoms with E-state index in [4.69, 9.17) is 4.74 Å². The third-order valence-corrected chi connectivity index (χ3v) is 4.29. The van der Waals surface area contributed by atoms with E-state index in [0.717, 1.165) is 12.8 Å². The summed E-state index contributed by atoms with van der Waals surface area (Å²) in [5.41, 5.74) is 1.18. The van der Waals surface area contributed by atoms with Crippen molar-refractivity contribution < 1.29 is 9.13 Å². The topological polar surface area (TPSA) is 21.3 Å². The van der Waals surface area contributed by atoms with Crippen molar-refractivity contribution in [2.45, 2.75) is 63.6 Å². The summed E-state index contributed by atoms with van der Waals surface area (Å²) >= 11 is 0. The van der Waals surface area contributed by atoms with Gasteiger partial charge in [-0.05, 0) is 43.4 Å².